The molecular weight excluding hydrogens is 424 g/mol. The molecule has 2 heterocycles. The summed E-state index contributed by atoms with van der Waals surface area (Å²) in [6.07, 6.45) is 3.41. The molecule has 1 amide bonds. The zero-order chi connectivity index (χ0) is 21.9. The molecule has 5 rings (SSSR count). The molecule has 3 aromatic carbocycles. The molecule has 2 aromatic heterocycles. The molecule has 0 aliphatic carbocycles. The van der Waals surface area contributed by atoms with Crippen molar-refractivity contribution in [2.45, 2.75) is 0 Å². The highest BCUT2D eigenvalue weighted by molar-refractivity contribution is 6.30. The van der Waals surface area contributed by atoms with Gasteiger partial charge >= 0.3 is 0 Å². The second-order valence-corrected chi connectivity index (χ2v) is 7.54. The molecule has 7 nitrogen and oxygen atoms in total. The molecule has 0 aliphatic heterocycles. The minimum Gasteiger partial charge on any atom is -0.324 e. The molecule has 5 aromatic rings. The maximum Gasteiger partial charge on any atom is 0.255 e. The van der Waals surface area contributed by atoms with Gasteiger partial charge in [-0.1, -0.05) is 23.7 Å². The normalized spacial score (nSPS) is 10.8. The van der Waals surface area contributed by atoms with Crippen LogP contribution in [-0.2, 0) is 0 Å². The summed E-state index contributed by atoms with van der Waals surface area (Å²) in [4.78, 5) is 21.4. The number of rotatable bonds is 5. The van der Waals surface area contributed by atoms with Crippen LogP contribution in [0, 0.1) is 0 Å². The molecule has 0 radical (unpaired) electrons. The number of halogens is 1. The summed E-state index contributed by atoms with van der Waals surface area (Å²) in [6, 6.07) is 22.0. The molecule has 0 atom stereocenters. The van der Waals surface area contributed by atoms with Gasteiger partial charge in [-0.25, -0.2) is 9.97 Å². The third-order valence-corrected chi connectivity index (χ3v) is 5.15. The van der Waals surface area contributed by atoms with Crippen LogP contribution in [0.4, 0.5) is 17.3 Å². The molecule has 0 saturated heterocycles. The summed E-state index contributed by atoms with van der Waals surface area (Å²) in [6.45, 7) is 0. The average molecular weight is 441 g/mol. The number of aromatic nitrogens is 4. The highest BCUT2D eigenvalue weighted by Gasteiger charge is 2.08. The Morgan fingerprint density at radius 3 is 2.50 bits per heavy atom. The van der Waals surface area contributed by atoms with Gasteiger partial charge in [-0.2, -0.15) is 5.10 Å². The van der Waals surface area contributed by atoms with E-state index in [2.05, 4.69) is 30.8 Å². The smallest absolute Gasteiger partial charge is 0.255 e. The van der Waals surface area contributed by atoms with Crippen molar-refractivity contribution in [3.05, 3.63) is 95.8 Å². The SMILES string of the molecule is O=C(Nc1ccc2[nH]ncc2c1)c1ccc(Nc2nccc(-c3ccc(Cl)cc3)n2)cc1. The van der Waals surface area contributed by atoms with E-state index in [4.69, 9.17) is 11.6 Å². The minimum absolute atomic E-state index is 0.194. The molecule has 0 unspecified atom stereocenters. The topological polar surface area (TPSA) is 95.6 Å². The van der Waals surface area contributed by atoms with Gasteiger partial charge in [0, 0.05) is 39.1 Å². The van der Waals surface area contributed by atoms with Crippen molar-refractivity contribution in [2.24, 2.45) is 0 Å². The molecule has 8 heteroatoms. The molecule has 0 bridgehead atoms. The number of anilines is 3. The minimum atomic E-state index is -0.194. The van der Waals surface area contributed by atoms with Crippen LogP contribution >= 0.6 is 11.6 Å². The Labute approximate surface area is 188 Å². The van der Waals surface area contributed by atoms with Gasteiger partial charge in [0.25, 0.3) is 5.91 Å². The molecule has 0 aliphatic rings. The Bertz CT molecular complexity index is 1400. The number of hydrogen-bond acceptors (Lipinski definition) is 5. The Morgan fingerprint density at radius 2 is 1.69 bits per heavy atom. The summed E-state index contributed by atoms with van der Waals surface area (Å²) in [7, 11) is 0. The van der Waals surface area contributed by atoms with Crippen molar-refractivity contribution < 1.29 is 4.79 Å². The van der Waals surface area contributed by atoms with Crippen molar-refractivity contribution in [3.63, 3.8) is 0 Å². The molecule has 0 spiro atoms. The molecule has 3 N–H and O–H groups in total. The van der Waals surface area contributed by atoms with E-state index in [9.17, 15) is 4.79 Å². The second kappa shape index (κ2) is 8.49. The first-order valence-electron chi connectivity index (χ1n) is 9.85. The van der Waals surface area contributed by atoms with Gasteiger partial charge in [-0.15, -0.1) is 0 Å². The molecule has 156 valence electrons. The van der Waals surface area contributed by atoms with Crippen LogP contribution in [0.1, 0.15) is 10.4 Å². The van der Waals surface area contributed by atoms with E-state index in [1.807, 2.05) is 60.7 Å². The maximum absolute atomic E-state index is 12.6. The van der Waals surface area contributed by atoms with Crippen LogP contribution in [0.3, 0.4) is 0 Å². The number of hydrogen-bond donors (Lipinski definition) is 3. The van der Waals surface area contributed by atoms with Crippen molar-refractivity contribution in [2.75, 3.05) is 10.6 Å². The van der Waals surface area contributed by atoms with Gasteiger partial charge in [-0.3, -0.25) is 9.89 Å². The standard InChI is InChI=1S/C24H17ClN6O/c25-18-5-1-15(2-6-18)21-11-12-26-24(30-21)29-19-7-3-16(4-8-19)23(32)28-20-9-10-22-17(13-20)14-27-31-22/h1-14H,(H,27,31)(H,28,32)(H,26,29,30). The Morgan fingerprint density at radius 1 is 0.906 bits per heavy atom. The quantitative estimate of drug-likeness (QED) is 0.327. The number of carbonyl (C=O) groups excluding carboxylic acids is 1. The fourth-order valence-electron chi connectivity index (χ4n) is 3.26. The Hall–Kier alpha value is -4.23. The summed E-state index contributed by atoms with van der Waals surface area (Å²) in [5.41, 5.74) is 4.66. The van der Waals surface area contributed by atoms with Crippen LogP contribution in [0.5, 0.6) is 0 Å². The van der Waals surface area contributed by atoms with Gasteiger partial charge in [0.2, 0.25) is 5.95 Å². The predicted octanol–water partition coefficient (Wildman–Crippen LogP) is 5.67. The highest BCUT2D eigenvalue weighted by Crippen LogP contribution is 2.22. The summed E-state index contributed by atoms with van der Waals surface area (Å²) in [5, 5.41) is 14.6. The average Bonchev–Trinajstić information content (AvgIpc) is 3.28. The van der Waals surface area contributed by atoms with E-state index >= 15 is 0 Å². The van der Waals surface area contributed by atoms with E-state index in [1.54, 1.807) is 24.5 Å². The van der Waals surface area contributed by atoms with E-state index in [-0.39, 0.29) is 5.91 Å². The lowest BCUT2D eigenvalue weighted by Gasteiger charge is -2.09. The second-order valence-electron chi connectivity index (χ2n) is 7.10. The lowest BCUT2D eigenvalue weighted by Crippen LogP contribution is -2.11. The van der Waals surface area contributed by atoms with E-state index in [1.165, 1.54) is 0 Å². The fourth-order valence-corrected chi connectivity index (χ4v) is 3.38. The van der Waals surface area contributed by atoms with Gasteiger partial charge in [0.05, 0.1) is 17.4 Å². The summed E-state index contributed by atoms with van der Waals surface area (Å²) >= 11 is 5.96. The van der Waals surface area contributed by atoms with Crippen molar-refractivity contribution >= 4 is 45.7 Å². The predicted molar refractivity (Wildman–Crippen MR) is 126 cm³/mol. The molecule has 0 fully saturated rings. The monoisotopic (exact) mass is 440 g/mol. The largest absolute Gasteiger partial charge is 0.324 e. The van der Waals surface area contributed by atoms with Gasteiger partial charge in [0.15, 0.2) is 0 Å². The van der Waals surface area contributed by atoms with Gasteiger partial charge < -0.3 is 10.6 Å². The third kappa shape index (κ3) is 4.28. The molecule has 0 saturated carbocycles. The van der Waals surface area contributed by atoms with Crippen LogP contribution in [0.15, 0.2) is 85.2 Å². The first-order chi connectivity index (χ1) is 15.6. The first kappa shape index (κ1) is 19.7. The van der Waals surface area contributed by atoms with Crippen LogP contribution < -0.4 is 10.6 Å². The fraction of sp³-hybridized carbons (Fsp3) is 0. The van der Waals surface area contributed by atoms with E-state index < -0.39 is 0 Å². The van der Waals surface area contributed by atoms with Crippen molar-refractivity contribution in [1.82, 2.24) is 20.2 Å². The number of benzene rings is 3. The number of nitrogens with one attached hydrogen (secondary N) is 3. The zero-order valence-electron chi connectivity index (χ0n) is 16.7. The van der Waals surface area contributed by atoms with E-state index in [0.717, 1.165) is 27.8 Å². The molecular formula is C24H17ClN6O. The van der Waals surface area contributed by atoms with Crippen molar-refractivity contribution in [1.29, 1.82) is 0 Å². The van der Waals surface area contributed by atoms with Crippen molar-refractivity contribution in [3.8, 4) is 11.3 Å². The number of aromatic amines is 1. The zero-order valence-corrected chi connectivity index (χ0v) is 17.5. The maximum atomic E-state index is 12.6. The van der Waals surface area contributed by atoms with Gasteiger partial charge in [0.1, 0.15) is 0 Å². The number of carbonyl (C=O) groups is 1. The number of H-pyrrole nitrogens is 1. The molecule has 32 heavy (non-hydrogen) atoms. The number of fused-ring (bicyclic) bond motifs is 1. The third-order valence-electron chi connectivity index (χ3n) is 4.90. The summed E-state index contributed by atoms with van der Waals surface area (Å²) < 4.78 is 0. The lowest BCUT2D eigenvalue weighted by atomic mass is 10.1. The van der Waals surface area contributed by atoms with Crippen LogP contribution in [0.25, 0.3) is 22.2 Å². The number of amides is 1. The van der Waals surface area contributed by atoms with E-state index in [0.29, 0.717) is 22.2 Å². The Balaban J connectivity index is 1.28. The number of nitrogens with zero attached hydrogens (tertiary/aromatic N) is 3. The summed E-state index contributed by atoms with van der Waals surface area (Å²) in [5.74, 6) is 0.267. The van der Waals surface area contributed by atoms with Crippen LogP contribution in [-0.4, -0.2) is 26.1 Å². The lowest BCUT2D eigenvalue weighted by molar-refractivity contribution is 0.102. The first-order valence-corrected chi connectivity index (χ1v) is 10.2. The highest BCUT2D eigenvalue weighted by atomic mass is 35.5. The van der Waals surface area contributed by atoms with Gasteiger partial charge in [-0.05, 0) is 60.7 Å². The van der Waals surface area contributed by atoms with Crippen LogP contribution in [0.2, 0.25) is 5.02 Å². The Kier molecular flexibility index (Phi) is 5.23.